The predicted octanol–water partition coefficient (Wildman–Crippen LogP) is 1.89. The molecule has 0 bridgehead atoms. The molecule has 0 amide bonds. The van der Waals surface area contributed by atoms with Gasteiger partial charge >= 0.3 is 5.97 Å². The molecule has 11 nitrogen and oxygen atoms in total. The quantitative estimate of drug-likeness (QED) is 0.154. The second-order valence-corrected chi connectivity index (χ2v) is 12.4. The molecule has 0 spiro atoms. The number of aliphatic hydroxyl groups is 9. The molecule has 0 radical (unpaired) electrons. The zero-order valence-corrected chi connectivity index (χ0v) is 27.5. The average molecular weight is 655 g/mol. The minimum Gasteiger partial charge on any atom is -0.459 e. The van der Waals surface area contributed by atoms with E-state index in [2.05, 4.69) is 0 Å². The van der Waals surface area contributed by atoms with Crippen LogP contribution in [-0.4, -0.2) is 113 Å². The standard InChI is InChI=1S/C35H58O11/c1-4-5-11-16-31(42)34-33(44)22-29(40)20-27(38)18-25(36)17-26(37)19-28(39)21-32(43)23(2)14-12-9-7-6-8-10-13-15-30(41)24(3)46-35(34)45/h6-10,12-15,24-34,36-44H,4-5,11,16-22H2,1-3H3/b7-6+,10-8+,12-9+,15-13+,23-14-/t24-,25-,26-,27-,28-,29-,30+,31-,32+,33+,34-/m0/s1. The van der Waals surface area contributed by atoms with Gasteiger partial charge in [-0.2, -0.15) is 0 Å². The van der Waals surface area contributed by atoms with Crippen LogP contribution in [-0.2, 0) is 9.53 Å². The topological polar surface area (TPSA) is 208 Å². The molecule has 46 heavy (non-hydrogen) atoms. The number of aliphatic hydroxyl groups excluding tert-OH is 9. The molecule has 0 unspecified atom stereocenters. The molecule has 0 aromatic carbocycles. The first-order valence-corrected chi connectivity index (χ1v) is 16.4. The highest BCUT2D eigenvalue weighted by atomic mass is 16.6. The van der Waals surface area contributed by atoms with E-state index >= 15 is 0 Å². The molecule has 11 heteroatoms. The lowest BCUT2D eigenvalue weighted by molar-refractivity contribution is -0.168. The van der Waals surface area contributed by atoms with Gasteiger partial charge in [0.15, 0.2) is 0 Å². The highest BCUT2D eigenvalue weighted by molar-refractivity contribution is 5.74. The maximum Gasteiger partial charge on any atom is 0.314 e. The summed E-state index contributed by atoms with van der Waals surface area (Å²) in [6, 6.07) is 0. The third-order valence-corrected chi connectivity index (χ3v) is 8.03. The van der Waals surface area contributed by atoms with Gasteiger partial charge in [0, 0.05) is 12.8 Å². The number of carbonyl (C=O) groups is 1. The Labute approximate surface area is 273 Å². The summed E-state index contributed by atoms with van der Waals surface area (Å²) in [5.41, 5.74) is 0.609. The van der Waals surface area contributed by atoms with Gasteiger partial charge in [0.1, 0.15) is 18.1 Å². The maximum atomic E-state index is 13.1. The molecule has 0 aliphatic carbocycles. The number of cyclic esters (lactones) is 1. The van der Waals surface area contributed by atoms with Crippen molar-refractivity contribution in [1.29, 1.82) is 0 Å². The lowest BCUT2D eigenvalue weighted by Gasteiger charge is -2.29. The van der Waals surface area contributed by atoms with Gasteiger partial charge in [0.05, 0.1) is 48.8 Å². The molecule has 1 rings (SSSR count). The fourth-order valence-electron chi connectivity index (χ4n) is 5.27. The van der Waals surface area contributed by atoms with Crippen LogP contribution in [0.15, 0.2) is 60.3 Å². The molecular formula is C35H58O11. The van der Waals surface area contributed by atoms with E-state index in [1.165, 1.54) is 13.0 Å². The van der Waals surface area contributed by atoms with Gasteiger partial charge in [-0.25, -0.2) is 0 Å². The van der Waals surface area contributed by atoms with Crippen molar-refractivity contribution in [3.05, 3.63) is 60.3 Å². The molecule has 1 aliphatic heterocycles. The first-order valence-electron chi connectivity index (χ1n) is 16.4. The Balaban J connectivity index is 3.14. The van der Waals surface area contributed by atoms with E-state index in [4.69, 9.17) is 4.74 Å². The Morgan fingerprint density at radius 1 is 0.717 bits per heavy atom. The lowest BCUT2D eigenvalue weighted by Crippen LogP contribution is -2.43. The normalized spacial score (nSPS) is 38.6. The Hall–Kier alpha value is -2.19. The summed E-state index contributed by atoms with van der Waals surface area (Å²) >= 11 is 0. The van der Waals surface area contributed by atoms with E-state index in [0.717, 1.165) is 12.8 Å². The summed E-state index contributed by atoms with van der Waals surface area (Å²) in [6.45, 7) is 5.18. The van der Waals surface area contributed by atoms with Crippen molar-refractivity contribution in [2.45, 2.75) is 146 Å². The van der Waals surface area contributed by atoms with Crippen molar-refractivity contribution in [1.82, 2.24) is 0 Å². The molecule has 9 N–H and O–H groups in total. The van der Waals surface area contributed by atoms with Gasteiger partial charge in [0.2, 0.25) is 0 Å². The smallest absolute Gasteiger partial charge is 0.314 e. The number of allylic oxidation sites excluding steroid dienone is 8. The zero-order valence-electron chi connectivity index (χ0n) is 27.5. The maximum absolute atomic E-state index is 13.1. The highest BCUT2D eigenvalue weighted by Crippen LogP contribution is 2.24. The minimum atomic E-state index is -1.52. The predicted molar refractivity (Wildman–Crippen MR) is 175 cm³/mol. The number of unbranched alkanes of at least 4 members (excludes halogenated alkanes) is 2. The summed E-state index contributed by atoms with van der Waals surface area (Å²) in [5, 5.41) is 94.8. The Morgan fingerprint density at radius 3 is 1.74 bits per heavy atom. The van der Waals surface area contributed by atoms with Crippen LogP contribution in [0.25, 0.3) is 0 Å². The summed E-state index contributed by atoms with van der Waals surface area (Å²) in [6.07, 6.45) is 4.69. The van der Waals surface area contributed by atoms with Crippen molar-refractivity contribution >= 4 is 5.97 Å². The third-order valence-electron chi connectivity index (χ3n) is 8.03. The number of carbonyl (C=O) groups excluding carboxylic acids is 1. The summed E-state index contributed by atoms with van der Waals surface area (Å²) in [5.74, 6) is -2.33. The third kappa shape index (κ3) is 17.7. The van der Waals surface area contributed by atoms with E-state index in [0.29, 0.717) is 12.0 Å². The molecule has 264 valence electrons. The van der Waals surface area contributed by atoms with Crippen LogP contribution in [0.3, 0.4) is 0 Å². The van der Waals surface area contributed by atoms with Crippen molar-refractivity contribution in [2.75, 3.05) is 0 Å². The van der Waals surface area contributed by atoms with Crippen molar-refractivity contribution in [3.8, 4) is 0 Å². The largest absolute Gasteiger partial charge is 0.459 e. The second-order valence-electron chi connectivity index (χ2n) is 12.4. The Morgan fingerprint density at radius 2 is 1.20 bits per heavy atom. The van der Waals surface area contributed by atoms with E-state index in [-0.39, 0.29) is 44.9 Å². The van der Waals surface area contributed by atoms with Crippen LogP contribution in [0.4, 0.5) is 0 Å². The molecule has 0 aromatic rings. The number of rotatable bonds is 5. The highest BCUT2D eigenvalue weighted by Gasteiger charge is 2.37. The SMILES string of the molecule is CCCCC[C@H](O)[C@@H]1C(=O)O[C@@H](C)[C@H](O)/C=C/C=C/C=C/C=C/C=C(/C)[C@H](O)C[C@@H](O)C[C@@H](O)C[C@H](O)C[C@H](O)C[C@H](O)C[C@H]1O. The van der Waals surface area contributed by atoms with E-state index in [1.54, 1.807) is 55.5 Å². The number of esters is 1. The van der Waals surface area contributed by atoms with E-state index in [9.17, 15) is 50.8 Å². The molecular weight excluding hydrogens is 596 g/mol. The van der Waals surface area contributed by atoms with Crippen LogP contribution >= 0.6 is 0 Å². The molecule has 11 atom stereocenters. The van der Waals surface area contributed by atoms with Crippen LogP contribution < -0.4 is 0 Å². The van der Waals surface area contributed by atoms with Crippen molar-refractivity contribution < 1.29 is 55.5 Å². The number of hydrogen-bond acceptors (Lipinski definition) is 11. The average Bonchev–Trinajstić information content (AvgIpc) is 2.94. The van der Waals surface area contributed by atoms with Crippen LogP contribution in [0.1, 0.15) is 85.0 Å². The zero-order chi connectivity index (χ0) is 34.6. The molecule has 0 aromatic heterocycles. The number of ether oxygens (including phenoxy) is 1. The van der Waals surface area contributed by atoms with Crippen molar-refractivity contribution in [2.24, 2.45) is 5.92 Å². The van der Waals surface area contributed by atoms with E-state index in [1.807, 2.05) is 6.92 Å². The molecule has 0 saturated heterocycles. The molecule has 0 fully saturated rings. The summed E-state index contributed by atoms with van der Waals surface area (Å²) in [4.78, 5) is 13.1. The lowest BCUT2D eigenvalue weighted by atomic mass is 9.87. The fourth-order valence-corrected chi connectivity index (χ4v) is 5.27. The summed E-state index contributed by atoms with van der Waals surface area (Å²) in [7, 11) is 0. The van der Waals surface area contributed by atoms with Gasteiger partial charge in [-0.1, -0.05) is 80.9 Å². The monoisotopic (exact) mass is 654 g/mol. The second kappa shape index (κ2) is 23.2. The fraction of sp³-hybridized carbons (Fsp3) is 0.686. The first kappa shape index (κ1) is 41.8. The van der Waals surface area contributed by atoms with E-state index < -0.39 is 72.9 Å². The summed E-state index contributed by atoms with van der Waals surface area (Å²) < 4.78 is 5.42. The molecule has 1 aliphatic rings. The van der Waals surface area contributed by atoms with Crippen LogP contribution in [0.2, 0.25) is 0 Å². The van der Waals surface area contributed by atoms with Gasteiger partial charge in [-0.05, 0) is 51.5 Å². The Kier molecular flexibility index (Phi) is 21.1. The van der Waals surface area contributed by atoms with Gasteiger partial charge in [-0.3, -0.25) is 4.79 Å². The van der Waals surface area contributed by atoms with Gasteiger partial charge < -0.3 is 50.7 Å². The van der Waals surface area contributed by atoms with Crippen LogP contribution in [0.5, 0.6) is 0 Å². The van der Waals surface area contributed by atoms with Crippen LogP contribution in [0, 0.1) is 5.92 Å². The van der Waals surface area contributed by atoms with Gasteiger partial charge in [-0.15, -0.1) is 0 Å². The van der Waals surface area contributed by atoms with Crippen molar-refractivity contribution in [3.63, 3.8) is 0 Å². The number of hydrogen-bond donors (Lipinski definition) is 9. The first-order chi connectivity index (χ1) is 21.7. The minimum absolute atomic E-state index is 0.0162. The molecule has 0 saturated carbocycles. The Bertz CT molecular complexity index is 991. The van der Waals surface area contributed by atoms with Gasteiger partial charge in [0.25, 0.3) is 0 Å². The molecule has 1 heterocycles.